The summed E-state index contributed by atoms with van der Waals surface area (Å²) in [7, 11) is 0. The highest BCUT2D eigenvalue weighted by molar-refractivity contribution is 6.13. The molecule has 2 saturated heterocycles. The first-order chi connectivity index (χ1) is 6.34. The molecule has 2 aliphatic rings. The summed E-state index contributed by atoms with van der Waals surface area (Å²) in [5, 5.41) is 0. The largest absolute Gasteiger partial charge is 0.303 e. The van der Waals surface area contributed by atoms with Gasteiger partial charge in [-0.25, -0.2) is 4.42 Å². The molecule has 0 aromatic carbocycles. The average molecular weight is 203 g/mol. The molecular formula is C10H19ClN2. The molecule has 0 saturated carbocycles. The molecule has 0 aliphatic carbocycles. The summed E-state index contributed by atoms with van der Waals surface area (Å²) in [6, 6.07) is 0. The van der Waals surface area contributed by atoms with E-state index in [0.29, 0.717) is 0 Å². The number of likely N-dealkylation sites (tertiary alicyclic amines) is 1. The highest BCUT2D eigenvalue weighted by Crippen LogP contribution is 2.21. The Balaban J connectivity index is 1.69. The first kappa shape index (κ1) is 9.75. The second-order valence-electron chi connectivity index (χ2n) is 4.36. The van der Waals surface area contributed by atoms with E-state index in [9.17, 15) is 0 Å². The molecule has 0 radical (unpaired) electrons. The highest BCUT2D eigenvalue weighted by atomic mass is 35.5. The molecule has 0 atom stereocenters. The smallest absolute Gasteiger partial charge is 0.0142 e. The van der Waals surface area contributed by atoms with Gasteiger partial charge < -0.3 is 4.90 Å². The molecule has 2 nitrogen and oxygen atoms in total. The molecule has 2 heterocycles. The fourth-order valence-electron chi connectivity index (χ4n) is 2.41. The van der Waals surface area contributed by atoms with Gasteiger partial charge in [0, 0.05) is 19.6 Å². The van der Waals surface area contributed by atoms with Crippen molar-refractivity contribution in [3.05, 3.63) is 0 Å². The first-order valence-electron chi connectivity index (χ1n) is 5.47. The minimum Gasteiger partial charge on any atom is -0.303 e. The summed E-state index contributed by atoms with van der Waals surface area (Å²) in [5.41, 5.74) is 0. The summed E-state index contributed by atoms with van der Waals surface area (Å²) in [4.78, 5) is 2.62. The summed E-state index contributed by atoms with van der Waals surface area (Å²) in [5.74, 6) is 0.910. The molecule has 0 spiro atoms. The van der Waals surface area contributed by atoms with E-state index in [4.69, 9.17) is 11.8 Å². The van der Waals surface area contributed by atoms with Crippen molar-refractivity contribution in [2.75, 3.05) is 32.7 Å². The van der Waals surface area contributed by atoms with E-state index < -0.39 is 0 Å². The van der Waals surface area contributed by atoms with Crippen molar-refractivity contribution in [2.45, 2.75) is 25.7 Å². The Labute approximate surface area is 85.9 Å². The molecule has 13 heavy (non-hydrogen) atoms. The van der Waals surface area contributed by atoms with Gasteiger partial charge in [0.1, 0.15) is 0 Å². The van der Waals surface area contributed by atoms with Gasteiger partial charge in [-0.1, -0.05) is 0 Å². The van der Waals surface area contributed by atoms with Crippen LogP contribution in [0.5, 0.6) is 0 Å². The molecule has 0 bridgehead atoms. The zero-order valence-electron chi connectivity index (χ0n) is 8.21. The Bertz CT molecular complexity index is 149. The Morgan fingerprint density at radius 2 is 1.62 bits per heavy atom. The molecule has 2 aliphatic heterocycles. The molecule has 0 aromatic rings. The highest BCUT2D eigenvalue weighted by Gasteiger charge is 2.21. The van der Waals surface area contributed by atoms with Crippen LogP contribution in [0.3, 0.4) is 0 Å². The molecular weight excluding hydrogens is 184 g/mol. The monoisotopic (exact) mass is 202 g/mol. The van der Waals surface area contributed by atoms with Gasteiger partial charge in [0.2, 0.25) is 0 Å². The standard InChI is InChI=1S/C10H19ClN2/c11-13-7-3-10(4-8-13)9-12-5-1-2-6-12/h10H,1-9H2. The number of hydrogen-bond donors (Lipinski definition) is 0. The quantitative estimate of drug-likeness (QED) is 0.632. The van der Waals surface area contributed by atoms with Crippen LogP contribution in [0.1, 0.15) is 25.7 Å². The lowest BCUT2D eigenvalue weighted by molar-refractivity contribution is 0.209. The molecule has 3 heteroatoms. The second-order valence-corrected chi connectivity index (χ2v) is 4.84. The van der Waals surface area contributed by atoms with Crippen molar-refractivity contribution in [3.8, 4) is 0 Å². The fourth-order valence-corrected chi connectivity index (χ4v) is 2.61. The fraction of sp³-hybridized carbons (Fsp3) is 1.00. The van der Waals surface area contributed by atoms with Crippen LogP contribution in [-0.4, -0.2) is 42.0 Å². The van der Waals surface area contributed by atoms with Crippen molar-refractivity contribution in [1.82, 2.24) is 9.32 Å². The number of halogens is 1. The minimum atomic E-state index is 0.910. The van der Waals surface area contributed by atoms with E-state index in [0.717, 1.165) is 19.0 Å². The molecule has 0 unspecified atom stereocenters. The Morgan fingerprint density at radius 3 is 2.23 bits per heavy atom. The van der Waals surface area contributed by atoms with Gasteiger partial charge in [-0.05, 0) is 56.5 Å². The van der Waals surface area contributed by atoms with Gasteiger partial charge >= 0.3 is 0 Å². The number of hydrogen-bond acceptors (Lipinski definition) is 2. The minimum absolute atomic E-state index is 0.910. The van der Waals surface area contributed by atoms with E-state index in [1.807, 2.05) is 4.42 Å². The van der Waals surface area contributed by atoms with Gasteiger partial charge in [-0.15, -0.1) is 0 Å². The maximum atomic E-state index is 5.92. The summed E-state index contributed by atoms with van der Waals surface area (Å²) in [6.45, 7) is 6.16. The Morgan fingerprint density at radius 1 is 1.00 bits per heavy atom. The SMILES string of the molecule is ClN1CCC(CN2CCCC2)CC1. The first-order valence-corrected chi connectivity index (χ1v) is 5.81. The van der Waals surface area contributed by atoms with Crippen LogP contribution in [0, 0.1) is 5.92 Å². The van der Waals surface area contributed by atoms with Crippen molar-refractivity contribution < 1.29 is 0 Å². The van der Waals surface area contributed by atoms with Crippen molar-refractivity contribution >= 4 is 11.8 Å². The van der Waals surface area contributed by atoms with E-state index in [-0.39, 0.29) is 0 Å². The van der Waals surface area contributed by atoms with Gasteiger partial charge in [-0.2, -0.15) is 0 Å². The van der Waals surface area contributed by atoms with Crippen LogP contribution in [0.25, 0.3) is 0 Å². The predicted molar refractivity (Wildman–Crippen MR) is 55.8 cm³/mol. The maximum absolute atomic E-state index is 5.92. The zero-order chi connectivity index (χ0) is 9.10. The third-order valence-corrected chi connectivity index (χ3v) is 3.61. The van der Waals surface area contributed by atoms with Crippen LogP contribution in [-0.2, 0) is 0 Å². The summed E-state index contributed by atoms with van der Waals surface area (Å²) in [6.07, 6.45) is 5.41. The lowest BCUT2D eigenvalue weighted by atomic mass is 9.98. The Kier molecular flexibility index (Phi) is 3.47. The lowest BCUT2D eigenvalue weighted by Crippen LogP contribution is -2.34. The number of nitrogens with zero attached hydrogens (tertiary/aromatic N) is 2. The van der Waals surface area contributed by atoms with Gasteiger partial charge in [0.25, 0.3) is 0 Å². The van der Waals surface area contributed by atoms with Crippen LogP contribution in [0.4, 0.5) is 0 Å². The van der Waals surface area contributed by atoms with E-state index in [1.54, 1.807) is 0 Å². The topological polar surface area (TPSA) is 6.48 Å². The lowest BCUT2D eigenvalue weighted by Gasteiger charge is -2.29. The van der Waals surface area contributed by atoms with Crippen molar-refractivity contribution in [2.24, 2.45) is 5.92 Å². The van der Waals surface area contributed by atoms with E-state index in [2.05, 4.69) is 4.90 Å². The van der Waals surface area contributed by atoms with E-state index >= 15 is 0 Å². The van der Waals surface area contributed by atoms with Crippen LogP contribution >= 0.6 is 11.8 Å². The van der Waals surface area contributed by atoms with Gasteiger partial charge in [-0.3, -0.25) is 0 Å². The maximum Gasteiger partial charge on any atom is 0.0142 e. The predicted octanol–water partition coefficient (Wildman–Crippen LogP) is 1.95. The molecule has 76 valence electrons. The molecule has 2 fully saturated rings. The third kappa shape index (κ3) is 2.83. The van der Waals surface area contributed by atoms with Crippen molar-refractivity contribution in [3.63, 3.8) is 0 Å². The Hall–Kier alpha value is 0.210. The second kappa shape index (κ2) is 4.63. The molecule has 0 N–H and O–H groups in total. The van der Waals surface area contributed by atoms with Crippen molar-refractivity contribution in [1.29, 1.82) is 0 Å². The van der Waals surface area contributed by atoms with Gasteiger partial charge in [0.15, 0.2) is 0 Å². The third-order valence-electron chi connectivity index (χ3n) is 3.28. The number of rotatable bonds is 2. The van der Waals surface area contributed by atoms with Crippen LogP contribution in [0.15, 0.2) is 0 Å². The molecule has 0 aromatic heterocycles. The summed E-state index contributed by atoms with van der Waals surface area (Å²) < 4.78 is 1.93. The van der Waals surface area contributed by atoms with Gasteiger partial charge in [0.05, 0.1) is 0 Å². The zero-order valence-corrected chi connectivity index (χ0v) is 8.97. The molecule has 0 amide bonds. The number of piperidine rings is 1. The van der Waals surface area contributed by atoms with Crippen LogP contribution < -0.4 is 0 Å². The summed E-state index contributed by atoms with van der Waals surface area (Å²) >= 11 is 5.92. The van der Waals surface area contributed by atoms with E-state index in [1.165, 1.54) is 45.3 Å². The van der Waals surface area contributed by atoms with Crippen LogP contribution in [0.2, 0.25) is 0 Å². The molecule has 2 rings (SSSR count). The average Bonchev–Trinajstić information content (AvgIpc) is 2.62. The normalized spacial score (nSPS) is 28.4.